The maximum absolute atomic E-state index is 12.2. The van der Waals surface area contributed by atoms with E-state index in [2.05, 4.69) is 5.32 Å². The lowest BCUT2D eigenvalue weighted by Crippen LogP contribution is -2.39. The van der Waals surface area contributed by atoms with Crippen molar-refractivity contribution in [1.29, 1.82) is 0 Å². The van der Waals surface area contributed by atoms with Crippen LogP contribution in [0.15, 0.2) is 18.2 Å². The van der Waals surface area contributed by atoms with Crippen LogP contribution >= 0.6 is 0 Å². The molecule has 1 aromatic heterocycles. The van der Waals surface area contributed by atoms with Crippen LogP contribution in [0.4, 0.5) is 0 Å². The van der Waals surface area contributed by atoms with Gasteiger partial charge in [-0.25, -0.2) is 0 Å². The molecule has 7 heteroatoms. The highest BCUT2D eigenvalue weighted by Gasteiger charge is 2.20. The maximum Gasteiger partial charge on any atom is 0.325 e. The van der Waals surface area contributed by atoms with E-state index in [1.165, 1.54) is 14.0 Å². The van der Waals surface area contributed by atoms with E-state index in [4.69, 9.17) is 14.6 Å². The fourth-order valence-corrected chi connectivity index (χ4v) is 2.21. The van der Waals surface area contributed by atoms with Crippen LogP contribution < -0.4 is 14.8 Å². The van der Waals surface area contributed by atoms with Crippen molar-refractivity contribution in [2.24, 2.45) is 7.05 Å². The zero-order valence-electron chi connectivity index (χ0n) is 12.8. The first-order valence-corrected chi connectivity index (χ1v) is 6.64. The Kier molecular flexibility index (Phi) is 4.25. The van der Waals surface area contributed by atoms with E-state index in [-0.39, 0.29) is 0 Å². The largest absolute Gasteiger partial charge is 0.497 e. The summed E-state index contributed by atoms with van der Waals surface area (Å²) in [7, 11) is 4.81. The predicted molar refractivity (Wildman–Crippen MR) is 80.6 cm³/mol. The number of nitrogens with one attached hydrogen (secondary N) is 1. The van der Waals surface area contributed by atoms with E-state index >= 15 is 0 Å². The predicted octanol–water partition coefficient (Wildman–Crippen LogP) is 1.40. The summed E-state index contributed by atoms with van der Waals surface area (Å²) in [5.41, 5.74) is 1.10. The molecule has 0 radical (unpaired) electrons. The molecule has 0 aliphatic heterocycles. The second-order valence-electron chi connectivity index (χ2n) is 4.88. The van der Waals surface area contributed by atoms with Crippen LogP contribution in [0.1, 0.15) is 17.4 Å². The van der Waals surface area contributed by atoms with E-state index in [0.717, 1.165) is 10.9 Å². The minimum Gasteiger partial charge on any atom is -0.497 e. The summed E-state index contributed by atoms with van der Waals surface area (Å²) in [5.74, 6) is -0.368. The summed E-state index contributed by atoms with van der Waals surface area (Å²) in [6.07, 6.45) is 0. The van der Waals surface area contributed by atoms with Crippen molar-refractivity contribution in [3.05, 3.63) is 23.9 Å². The highest BCUT2D eigenvalue weighted by Crippen LogP contribution is 2.33. The quantitative estimate of drug-likeness (QED) is 0.871. The zero-order chi connectivity index (χ0) is 16.4. The average molecular weight is 306 g/mol. The third kappa shape index (κ3) is 2.69. The number of ether oxygens (including phenoxy) is 2. The Morgan fingerprint density at radius 2 is 1.91 bits per heavy atom. The van der Waals surface area contributed by atoms with Crippen molar-refractivity contribution in [2.75, 3.05) is 14.2 Å². The number of aliphatic carboxylic acids is 1. The molecule has 1 aromatic carbocycles. The number of benzene rings is 1. The van der Waals surface area contributed by atoms with E-state index in [0.29, 0.717) is 17.2 Å². The SMILES string of the molecule is COc1cc(OC)c2cc(C(=O)N[C@@H](C)C(=O)O)n(C)c2c1. The number of carbonyl (C=O) groups is 2. The number of rotatable bonds is 5. The van der Waals surface area contributed by atoms with Gasteiger partial charge in [0.05, 0.1) is 19.7 Å². The Hall–Kier alpha value is -2.70. The smallest absolute Gasteiger partial charge is 0.325 e. The van der Waals surface area contributed by atoms with Crippen molar-refractivity contribution in [2.45, 2.75) is 13.0 Å². The van der Waals surface area contributed by atoms with Gasteiger partial charge in [0.2, 0.25) is 0 Å². The molecule has 0 aliphatic rings. The van der Waals surface area contributed by atoms with Crippen molar-refractivity contribution in [3.8, 4) is 11.5 Å². The maximum atomic E-state index is 12.2. The first-order valence-electron chi connectivity index (χ1n) is 6.64. The second kappa shape index (κ2) is 5.97. The van der Waals surface area contributed by atoms with E-state index in [9.17, 15) is 9.59 Å². The van der Waals surface area contributed by atoms with E-state index in [1.54, 1.807) is 36.9 Å². The molecule has 2 aromatic rings. The highest BCUT2D eigenvalue weighted by molar-refractivity contribution is 6.02. The Labute approximate surface area is 127 Å². The van der Waals surface area contributed by atoms with Gasteiger partial charge in [-0.05, 0) is 13.0 Å². The number of carboxylic acid groups (broad SMARTS) is 1. The Morgan fingerprint density at radius 1 is 1.23 bits per heavy atom. The minimum absolute atomic E-state index is 0.342. The Morgan fingerprint density at radius 3 is 2.45 bits per heavy atom. The summed E-state index contributed by atoms with van der Waals surface area (Å²) >= 11 is 0. The lowest BCUT2D eigenvalue weighted by Gasteiger charge is -2.10. The topological polar surface area (TPSA) is 89.8 Å². The molecule has 22 heavy (non-hydrogen) atoms. The lowest BCUT2D eigenvalue weighted by atomic mass is 10.2. The molecule has 0 bridgehead atoms. The summed E-state index contributed by atoms with van der Waals surface area (Å²) in [5, 5.41) is 12.1. The van der Waals surface area contributed by atoms with Gasteiger partial charge in [-0.15, -0.1) is 0 Å². The molecule has 0 saturated heterocycles. The van der Waals surface area contributed by atoms with Crippen LogP contribution in [0.5, 0.6) is 11.5 Å². The number of nitrogens with zero attached hydrogens (tertiary/aromatic N) is 1. The first kappa shape index (κ1) is 15.7. The van der Waals surface area contributed by atoms with Crippen LogP contribution in [0, 0.1) is 0 Å². The van der Waals surface area contributed by atoms with Crippen LogP contribution in [0.3, 0.4) is 0 Å². The van der Waals surface area contributed by atoms with Gasteiger partial charge < -0.3 is 24.5 Å². The number of methoxy groups -OCH3 is 2. The van der Waals surface area contributed by atoms with Crippen LogP contribution in [0.2, 0.25) is 0 Å². The third-order valence-electron chi connectivity index (χ3n) is 3.50. The number of hydrogen-bond donors (Lipinski definition) is 2. The van der Waals surface area contributed by atoms with Gasteiger partial charge in [-0.3, -0.25) is 9.59 Å². The van der Waals surface area contributed by atoms with Crippen LogP contribution in [0.25, 0.3) is 10.9 Å². The van der Waals surface area contributed by atoms with Gasteiger partial charge in [0.25, 0.3) is 5.91 Å². The molecule has 0 spiro atoms. The average Bonchev–Trinajstić information content (AvgIpc) is 2.83. The number of aryl methyl sites for hydroxylation is 1. The van der Waals surface area contributed by atoms with Crippen molar-refractivity contribution >= 4 is 22.8 Å². The molecule has 2 N–H and O–H groups in total. The fraction of sp³-hybridized carbons (Fsp3) is 0.333. The molecule has 0 aliphatic carbocycles. The normalized spacial score (nSPS) is 12.0. The lowest BCUT2D eigenvalue weighted by molar-refractivity contribution is -0.138. The van der Waals surface area contributed by atoms with Crippen molar-refractivity contribution in [3.63, 3.8) is 0 Å². The molecule has 118 valence electrons. The molecule has 1 atom stereocenters. The number of fused-ring (bicyclic) bond motifs is 1. The highest BCUT2D eigenvalue weighted by atomic mass is 16.5. The van der Waals surface area contributed by atoms with Crippen molar-refractivity contribution in [1.82, 2.24) is 9.88 Å². The molecule has 1 heterocycles. The third-order valence-corrected chi connectivity index (χ3v) is 3.50. The Balaban J connectivity index is 2.50. The summed E-state index contributed by atoms with van der Waals surface area (Å²) in [4.78, 5) is 23.1. The number of hydrogen-bond acceptors (Lipinski definition) is 4. The van der Waals surface area contributed by atoms with Gasteiger partial charge in [0.15, 0.2) is 0 Å². The number of aromatic nitrogens is 1. The molecule has 0 unspecified atom stereocenters. The van der Waals surface area contributed by atoms with E-state index < -0.39 is 17.9 Å². The molecule has 7 nitrogen and oxygen atoms in total. The minimum atomic E-state index is -1.09. The molecule has 2 rings (SSSR count). The fourth-order valence-electron chi connectivity index (χ4n) is 2.21. The number of carboxylic acids is 1. The van der Waals surface area contributed by atoms with Gasteiger partial charge in [-0.2, -0.15) is 0 Å². The Bertz CT molecular complexity index is 735. The molecule has 0 fully saturated rings. The molecule has 0 saturated carbocycles. The summed E-state index contributed by atoms with van der Waals surface area (Å²) in [6, 6.07) is 4.21. The molecular weight excluding hydrogens is 288 g/mol. The number of amides is 1. The van der Waals surface area contributed by atoms with Crippen LogP contribution in [-0.4, -0.2) is 41.8 Å². The van der Waals surface area contributed by atoms with Gasteiger partial charge in [0.1, 0.15) is 23.2 Å². The summed E-state index contributed by atoms with van der Waals surface area (Å²) in [6.45, 7) is 1.41. The number of carbonyl (C=O) groups excluding carboxylic acids is 1. The zero-order valence-corrected chi connectivity index (χ0v) is 12.8. The van der Waals surface area contributed by atoms with Gasteiger partial charge >= 0.3 is 5.97 Å². The second-order valence-corrected chi connectivity index (χ2v) is 4.88. The van der Waals surface area contributed by atoms with Gasteiger partial charge in [-0.1, -0.05) is 0 Å². The standard InChI is InChI=1S/C15H18N2O5/c1-8(15(19)20)16-14(18)12-7-10-11(17(12)2)5-9(21-3)6-13(10)22-4/h5-8H,1-4H3,(H,16,18)(H,19,20)/t8-/m0/s1. The van der Waals surface area contributed by atoms with E-state index in [1.807, 2.05) is 0 Å². The van der Waals surface area contributed by atoms with Crippen LogP contribution in [-0.2, 0) is 11.8 Å². The monoisotopic (exact) mass is 306 g/mol. The summed E-state index contributed by atoms with van der Waals surface area (Å²) < 4.78 is 12.2. The molecule has 1 amide bonds. The first-order chi connectivity index (χ1) is 10.4. The van der Waals surface area contributed by atoms with Crippen molar-refractivity contribution < 1.29 is 24.2 Å². The van der Waals surface area contributed by atoms with Gasteiger partial charge in [0, 0.05) is 24.6 Å². The molecular formula is C15H18N2O5.